The van der Waals surface area contributed by atoms with Crippen LogP contribution in [0.1, 0.15) is 39.2 Å². The molecule has 5 heteroatoms. The highest BCUT2D eigenvalue weighted by molar-refractivity contribution is 5.80. The van der Waals surface area contributed by atoms with Gasteiger partial charge in [0.1, 0.15) is 5.75 Å². The van der Waals surface area contributed by atoms with E-state index in [2.05, 4.69) is 5.32 Å². The second kappa shape index (κ2) is 9.06. The number of carbonyl (C=O) groups is 1. The first kappa shape index (κ1) is 18.0. The molecule has 0 aliphatic carbocycles. The molecule has 0 aliphatic rings. The molecule has 2 unspecified atom stereocenters. The number of aliphatic hydroxyl groups is 1. The molecule has 0 saturated heterocycles. The Labute approximate surface area is 131 Å². The minimum absolute atomic E-state index is 0.184. The zero-order valence-electron chi connectivity index (χ0n) is 13.4. The molecule has 0 aromatic heterocycles. The molecule has 1 rings (SSSR count). The number of nitriles is 1. The summed E-state index contributed by atoms with van der Waals surface area (Å²) in [4.78, 5) is 12.0. The van der Waals surface area contributed by atoms with E-state index in [4.69, 9.17) is 10.00 Å². The Morgan fingerprint density at radius 1 is 1.41 bits per heavy atom. The first-order valence-corrected chi connectivity index (χ1v) is 7.64. The fourth-order valence-electron chi connectivity index (χ4n) is 2.24. The van der Waals surface area contributed by atoms with Crippen LogP contribution < -0.4 is 10.1 Å². The predicted molar refractivity (Wildman–Crippen MR) is 84.3 cm³/mol. The molecule has 1 aromatic rings. The molecular weight excluding hydrogens is 280 g/mol. The van der Waals surface area contributed by atoms with E-state index in [9.17, 15) is 9.90 Å². The molecule has 0 fully saturated rings. The van der Waals surface area contributed by atoms with Crippen molar-refractivity contribution in [2.75, 3.05) is 6.54 Å². The number of nitrogens with one attached hydrogen (secondary N) is 1. The number of hydrogen-bond acceptors (Lipinski definition) is 4. The lowest BCUT2D eigenvalue weighted by atomic mass is 9.96. The van der Waals surface area contributed by atoms with Crippen LogP contribution in [0.2, 0.25) is 0 Å². The molecule has 0 aliphatic heterocycles. The van der Waals surface area contributed by atoms with E-state index >= 15 is 0 Å². The van der Waals surface area contributed by atoms with Gasteiger partial charge >= 0.3 is 0 Å². The summed E-state index contributed by atoms with van der Waals surface area (Å²) in [5, 5.41) is 21.5. The van der Waals surface area contributed by atoms with Crippen LogP contribution in [0.5, 0.6) is 5.75 Å². The number of carbonyl (C=O) groups excluding carboxylic acids is 1. The second-order valence-corrected chi connectivity index (χ2v) is 5.29. The fraction of sp³-hybridized carbons (Fsp3) is 0.529. The molecule has 0 heterocycles. The topological polar surface area (TPSA) is 82.3 Å². The quantitative estimate of drug-likeness (QED) is 0.771. The average Bonchev–Trinajstić information content (AvgIpc) is 2.53. The Bertz CT molecular complexity index is 521. The Morgan fingerprint density at radius 3 is 2.68 bits per heavy atom. The third-order valence-corrected chi connectivity index (χ3v) is 3.72. The molecule has 0 spiro atoms. The zero-order valence-corrected chi connectivity index (χ0v) is 13.4. The van der Waals surface area contributed by atoms with Crippen molar-refractivity contribution in [1.29, 1.82) is 5.26 Å². The van der Waals surface area contributed by atoms with Crippen LogP contribution in [-0.2, 0) is 4.79 Å². The van der Waals surface area contributed by atoms with E-state index in [0.717, 1.165) is 12.8 Å². The van der Waals surface area contributed by atoms with E-state index in [1.807, 2.05) is 19.9 Å². The average molecular weight is 304 g/mol. The number of ether oxygens (including phenoxy) is 1. The summed E-state index contributed by atoms with van der Waals surface area (Å²) >= 11 is 0. The van der Waals surface area contributed by atoms with Crippen LogP contribution in [0.4, 0.5) is 0 Å². The third kappa shape index (κ3) is 5.38. The van der Waals surface area contributed by atoms with Gasteiger partial charge in [-0.2, -0.15) is 5.26 Å². The molecular formula is C17H24N2O3. The minimum atomic E-state index is -0.692. The normalized spacial score (nSPS) is 13.3. The summed E-state index contributed by atoms with van der Waals surface area (Å²) in [6.07, 6.45) is 0.511. The standard InChI is InChI=1S/C17H24N2O3/c1-4-14(5-2)16(20)11-19-17(21)12(3)22-15-8-6-7-13(9-15)10-18/h6-9,12,14,16,20H,4-5,11H2,1-3H3,(H,19,21). The summed E-state index contributed by atoms with van der Waals surface area (Å²) in [7, 11) is 0. The van der Waals surface area contributed by atoms with Crippen molar-refractivity contribution in [3.63, 3.8) is 0 Å². The van der Waals surface area contributed by atoms with Gasteiger partial charge in [0.05, 0.1) is 17.7 Å². The van der Waals surface area contributed by atoms with Crippen LogP contribution in [0.25, 0.3) is 0 Å². The van der Waals surface area contributed by atoms with Gasteiger partial charge in [0.2, 0.25) is 0 Å². The van der Waals surface area contributed by atoms with Gasteiger partial charge in [-0.05, 0) is 31.0 Å². The number of nitrogens with zero attached hydrogens (tertiary/aromatic N) is 1. The SMILES string of the molecule is CCC(CC)C(O)CNC(=O)C(C)Oc1cccc(C#N)c1. The van der Waals surface area contributed by atoms with Gasteiger partial charge in [-0.15, -0.1) is 0 Å². The van der Waals surface area contributed by atoms with E-state index in [0.29, 0.717) is 11.3 Å². The highest BCUT2D eigenvalue weighted by Gasteiger charge is 2.19. The maximum absolute atomic E-state index is 12.0. The van der Waals surface area contributed by atoms with Crippen LogP contribution in [0.3, 0.4) is 0 Å². The molecule has 5 nitrogen and oxygen atoms in total. The molecule has 1 aromatic carbocycles. The number of benzene rings is 1. The van der Waals surface area contributed by atoms with Crippen molar-refractivity contribution in [1.82, 2.24) is 5.32 Å². The van der Waals surface area contributed by atoms with E-state index < -0.39 is 12.2 Å². The molecule has 1 amide bonds. The number of aliphatic hydroxyl groups excluding tert-OH is 1. The lowest BCUT2D eigenvalue weighted by Gasteiger charge is -2.21. The maximum atomic E-state index is 12.0. The monoisotopic (exact) mass is 304 g/mol. The fourth-order valence-corrected chi connectivity index (χ4v) is 2.24. The van der Waals surface area contributed by atoms with Gasteiger partial charge in [0.15, 0.2) is 6.10 Å². The molecule has 2 atom stereocenters. The third-order valence-electron chi connectivity index (χ3n) is 3.72. The van der Waals surface area contributed by atoms with E-state index in [1.165, 1.54) is 0 Å². The Kier molecular flexibility index (Phi) is 7.41. The summed E-state index contributed by atoms with van der Waals surface area (Å²) in [5.74, 6) is 0.374. The number of amides is 1. The molecule has 0 bridgehead atoms. The van der Waals surface area contributed by atoms with Crippen LogP contribution in [0.15, 0.2) is 24.3 Å². The van der Waals surface area contributed by atoms with Crippen LogP contribution in [0, 0.1) is 17.2 Å². The van der Waals surface area contributed by atoms with Crippen molar-refractivity contribution in [2.24, 2.45) is 5.92 Å². The highest BCUT2D eigenvalue weighted by atomic mass is 16.5. The Morgan fingerprint density at radius 2 is 2.09 bits per heavy atom. The van der Waals surface area contributed by atoms with Crippen molar-refractivity contribution < 1.29 is 14.6 Å². The van der Waals surface area contributed by atoms with Gasteiger partial charge in [0.25, 0.3) is 5.91 Å². The Hall–Kier alpha value is -2.06. The lowest BCUT2D eigenvalue weighted by Crippen LogP contribution is -2.42. The van der Waals surface area contributed by atoms with Crippen molar-refractivity contribution in [3.05, 3.63) is 29.8 Å². The lowest BCUT2D eigenvalue weighted by molar-refractivity contribution is -0.127. The van der Waals surface area contributed by atoms with Gasteiger partial charge < -0.3 is 15.2 Å². The van der Waals surface area contributed by atoms with Crippen molar-refractivity contribution >= 4 is 5.91 Å². The highest BCUT2D eigenvalue weighted by Crippen LogP contribution is 2.15. The molecule has 22 heavy (non-hydrogen) atoms. The molecule has 0 radical (unpaired) electrons. The predicted octanol–water partition coefficient (Wildman–Crippen LogP) is 2.24. The Balaban J connectivity index is 2.50. The molecule has 120 valence electrons. The van der Waals surface area contributed by atoms with Crippen LogP contribution >= 0.6 is 0 Å². The minimum Gasteiger partial charge on any atom is -0.481 e. The summed E-state index contributed by atoms with van der Waals surface area (Å²) < 4.78 is 5.52. The zero-order chi connectivity index (χ0) is 16.5. The molecule has 0 saturated carbocycles. The second-order valence-electron chi connectivity index (χ2n) is 5.29. The van der Waals surface area contributed by atoms with E-state index in [-0.39, 0.29) is 18.4 Å². The number of hydrogen-bond donors (Lipinski definition) is 2. The van der Waals surface area contributed by atoms with Gasteiger partial charge in [-0.25, -0.2) is 0 Å². The summed E-state index contributed by atoms with van der Waals surface area (Å²) in [6.45, 7) is 5.90. The van der Waals surface area contributed by atoms with Gasteiger partial charge in [-0.3, -0.25) is 4.79 Å². The van der Waals surface area contributed by atoms with E-state index in [1.54, 1.807) is 31.2 Å². The van der Waals surface area contributed by atoms with Crippen LogP contribution in [-0.4, -0.2) is 29.8 Å². The van der Waals surface area contributed by atoms with Gasteiger partial charge in [-0.1, -0.05) is 32.8 Å². The van der Waals surface area contributed by atoms with Gasteiger partial charge in [0, 0.05) is 6.54 Å². The molecule has 2 N–H and O–H groups in total. The maximum Gasteiger partial charge on any atom is 0.260 e. The largest absolute Gasteiger partial charge is 0.481 e. The summed E-state index contributed by atoms with van der Waals surface area (Å²) in [6, 6.07) is 8.68. The number of rotatable bonds is 8. The summed E-state index contributed by atoms with van der Waals surface area (Å²) in [5.41, 5.74) is 0.481. The van der Waals surface area contributed by atoms with Crippen molar-refractivity contribution in [3.8, 4) is 11.8 Å². The first-order chi connectivity index (χ1) is 10.5. The van der Waals surface area contributed by atoms with Crippen molar-refractivity contribution in [2.45, 2.75) is 45.8 Å². The smallest absolute Gasteiger partial charge is 0.260 e. The first-order valence-electron chi connectivity index (χ1n) is 7.64.